The smallest absolute Gasteiger partial charge is 0.165 e. The lowest BCUT2D eigenvalue weighted by Gasteiger charge is -2.08. The van der Waals surface area contributed by atoms with Crippen LogP contribution in [0.3, 0.4) is 0 Å². The van der Waals surface area contributed by atoms with Crippen molar-refractivity contribution in [3.63, 3.8) is 0 Å². The average molecular weight is 265 g/mol. The molecule has 0 aliphatic rings. The highest BCUT2D eigenvalue weighted by Gasteiger charge is 2.08. The molecule has 2 rings (SSSR count). The van der Waals surface area contributed by atoms with Gasteiger partial charge in [-0.05, 0) is 42.1 Å². The molecule has 0 aliphatic heterocycles. The number of nitrogens with zero attached hydrogens (tertiary/aromatic N) is 4. The predicted molar refractivity (Wildman–Crippen MR) is 67.3 cm³/mol. The van der Waals surface area contributed by atoms with Crippen LogP contribution in [-0.2, 0) is 13.1 Å². The number of benzene rings is 1. The van der Waals surface area contributed by atoms with Crippen molar-refractivity contribution in [3.8, 4) is 5.75 Å². The van der Waals surface area contributed by atoms with Gasteiger partial charge in [0.05, 0.1) is 19.7 Å². The minimum atomic E-state index is -0.373. The van der Waals surface area contributed by atoms with Crippen LogP contribution < -0.4 is 10.1 Å². The van der Waals surface area contributed by atoms with Gasteiger partial charge < -0.3 is 10.1 Å². The van der Waals surface area contributed by atoms with E-state index in [2.05, 4.69) is 20.8 Å². The molecule has 0 saturated heterocycles. The molecule has 0 bridgehead atoms. The number of rotatable bonds is 6. The van der Waals surface area contributed by atoms with E-state index in [1.807, 2.05) is 14.0 Å². The van der Waals surface area contributed by atoms with Crippen LogP contribution in [0.4, 0.5) is 4.39 Å². The zero-order chi connectivity index (χ0) is 13.7. The lowest BCUT2D eigenvalue weighted by molar-refractivity contribution is 0.321. The van der Waals surface area contributed by atoms with Gasteiger partial charge in [0.25, 0.3) is 0 Å². The second-order valence-electron chi connectivity index (χ2n) is 3.98. The van der Waals surface area contributed by atoms with E-state index in [0.29, 0.717) is 25.5 Å². The molecule has 1 N–H and O–H groups in total. The van der Waals surface area contributed by atoms with Gasteiger partial charge in [0.1, 0.15) is 0 Å². The van der Waals surface area contributed by atoms with Crippen LogP contribution in [0.2, 0.25) is 0 Å². The lowest BCUT2D eigenvalue weighted by Crippen LogP contribution is -2.14. The van der Waals surface area contributed by atoms with E-state index in [0.717, 1.165) is 5.56 Å². The fourth-order valence-corrected chi connectivity index (χ4v) is 1.72. The van der Waals surface area contributed by atoms with Crippen LogP contribution in [0.1, 0.15) is 18.3 Å². The molecule has 2 aromatic rings. The van der Waals surface area contributed by atoms with Crippen molar-refractivity contribution in [1.29, 1.82) is 0 Å². The van der Waals surface area contributed by atoms with E-state index in [9.17, 15) is 4.39 Å². The van der Waals surface area contributed by atoms with E-state index in [1.54, 1.807) is 16.8 Å². The number of nitrogens with one attached hydrogen (secondary N) is 1. The number of ether oxygens (including phenoxy) is 1. The monoisotopic (exact) mass is 265 g/mol. The van der Waals surface area contributed by atoms with E-state index in [1.165, 1.54) is 6.07 Å². The van der Waals surface area contributed by atoms with Crippen LogP contribution in [0.15, 0.2) is 18.2 Å². The fourth-order valence-electron chi connectivity index (χ4n) is 1.72. The molecule has 0 atom stereocenters. The van der Waals surface area contributed by atoms with Gasteiger partial charge >= 0.3 is 0 Å². The molecule has 0 saturated carbocycles. The number of hydrogen-bond acceptors (Lipinski definition) is 5. The summed E-state index contributed by atoms with van der Waals surface area (Å²) in [5.41, 5.74) is 0.783. The molecule has 0 unspecified atom stereocenters. The summed E-state index contributed by atoms with van der Waals surface area (Å²) in [4.78, 5) is 0. The van der Waals surface area contributed by atoms with Gasteiger partial charge in [0.15, 0.2) is 17.4 Å². The Morgan fingerprint density at radius 1 is 1.42 bits per heavy atom. The first-order valence-electron chi connectivity index (χ1n) is 6.05. The summed E-state index contributed by atoms with van der Waals surface area (Å²) in [6.45, 7) is 3.24. The molecule has 6 nitrogen and oxygen atoms in total. The summed E-state index contributed by atoms with van der Waals surface area (Å²) in [7, 11) is 1.82. The van der Waals surface area contributed by atoms with Gasteiger partial charge in [0, 0.05) is 0 Å². The average Bonchev–Trinajstić information content (AvgIpc) is 2.81. The molecule has 1 aromatic heterocycles. The Hall–Kier alpha value is -2.02. The molecule has 1 aromatic carbocycles. The van der Waals surface area contributed by atoms with Gasteiger partial charge in [-0.25, -0.2) is 9.07 Å². The highest BCUT2D eigenvalue weighted by atomic mass is 19.1. The SMILES string of the molecule is CCOc1ccc(Cn2nnnc2CNC)cc1F. The van der Waals surface area contributed by atoms with Crippen molar-refractivity contribution in [2.75, 3.05) is 13.7 Å². The molecular weight excluding hydrogens is 249 g/mol. The third-order valence-corrected chi connectivity index (χ3v) is 2.57. The van der Waals surface area contributed by atoms with Gasteiger partial charge in [0.2, 0.25) is 0 Å². The molecule has 0 aliphatic carbocycles. The summed E-state index contributed by atoms with van der Waals surface area (Å²) < 4.78 is 20.5. The normalized spacial score (nSPS) is 10.7. The zero-order valence-corrected chi connectivity index (χ0v) is 10.9. The van der Waals surface area contributed by atoms with Crippen LogP contribution in [-0.4, -0.2) is 33.9 Å². The van der Waals surface area contributed by atoms with Crippen LogP contribution in [0.5, 0.6) is 5.75 Å². The van der Waals surface area contributed by atoms with Gasteiger partial charge in [-0.15, -0.1) is 5.10 Å². The maximum atomic E-state index is 13.7. The highest BCUT2D eigenvalue weighted by molar-refractivity contribution is 5.29. The molecule has 19 heavy (non-hydrogen) atoms. The standard InChI is InChI=1S/C12H16FN5O/c1-3-19-11-5-4-9(6-10(11)13)8-18-12(7-14-2)15-16-17-18/h4-6,14H,3,7-8H2,1-2H3. The van der Waals surface area contributed by atoms with Crippen LogP contribution in [0, 0.1) is 5.82 Å². The Balaban J connectivity index is 2.14. The summed E-state index contributed by atoms with van der Waals surface area (Å²) in [5.74, 6) is 0.595. The van der Waals surface area contributed by atoms with Crippen molar-refractivity contribution in [2.24, 2.45) is 0 Å². The number of halogens is 1. The number of aromatic nitrogens is 4. The van der Waals surface area contributed by atoms with E-state index in [-0.39, 0.29) is 11.6 Å². The Morgan fingerprint density at radius 2 is 2.26 bits per heavy atom. The van der Waals surface area contributed by atoms with E-state index in [4.69, 9.17) is 4.74 Å². The second kappa shape index (κ2) is 6.24. The maximum Gasteiger partial charge on any atom is 0.165 e. The molecule has 1 heterocycles. The predicted octanol–water partition coefficient (Wildman–Crippen LogP) is 0.979. The van der Waals surface area contributed by atoms with Crippen molar-refractivity contribution in [1.82, 2.24) is 25.5 Å². The Kier molecular flexibility index (Phi) is 4.40. The number of tetrazole rings is 1. The molecule has 7 heteroatoms. The van der Waals surface area contributed by atoms with Gasteiger partial charge in [-0.3, -0.25) is 0 Å². The van der Waals surface area contributed by atoms with Gasteiger partial charge in [-0.1, -0.05) is 6.07 Å². The Labute approximate surface area is 110 Å². The summed E-state index contributed by atoms with van der Waals surface area (Å²) >= 11 is 0. The Bertz CT molecular complexity index is 543. The summed E-state index contributed by atoms with van der Waals surface area (Å²) in [5, 5.41) is 14.4. The summed E-state index contributed by atoms with van der Waals surface area (Å²) in [6.07, 6.45) is 0. The molecular formula is C12H16FN5O. The van der Waals surface area contributed by atoms with Gasteiger partial charge in [-0.2, -0.15) is 0 Å². The zero-order valence-electron chi connectivity index (χ0n) is 10.9. The van der Waals surface area contributed by atoms with Crippen LogP contribution >= 0.6 is 0 Å². The minimum absolute atomic E-state index is 0.262. The fraction of sp³-hybridized carbons (Fsp3) is 0.417. The van der Waals surface area contributed by atoms with E-state index >= 15 is 0 Å². The first-order chi connectivity index (χ1) is 9.24. The molecule has 0 amide bonds. The topological polar surface area (TPSA) is 64.9 Å². The van der Waals surface area contributed by atoms with Crippen molar-refractivity contribution in [2.45, 2.75) is 20.0 Å². The molecule has 0 radical (unpaired) electrons. The first kappa shape index (κ1) is 13.4. The quantitative estimate of drug-likeness (QED) is 0.843. The molecule has 102 valence electrons. The lowest BCUT2D eigenvalue weighted by atomic mass is 10.2. The second-order valence-corrected chi connectivity index (χ2v) is 3.98. The van der Waals surface area contributed by atoms with Crippen LogP contribution in [0.25, 0.3) is 0 Å². The molecule has 0 spiro atoms. The maximum absolute atomic E-state index is 13.7. The van der Waals surface area contributed by atoms with Crippen molar-refractivity contribution in [3.05, 3.63) is 35.4 Å². The van der Waals surface area contributed by atoms with Crippen molar-refractivity contribution < 1.29 is 9.13 Å². The summed E-state index contributed by atoms with van der Waals surface area (Å²) in [6, 6.07) is 4.87. The third-order valence-electron chi connectivity index (χ3n) is 2.57. The highest BCUT2D eigenvalue weighted by Crippen LogP contribution is 2.18. The van der Waals surface area contributed by atoms with E-state index < -0.39 is 0 Å². The van der Waals surface area contributed by atoms with Crippen molar-refractivity contribution >= 4 is 0 Å². The third kappa shape index (κ3) is 3.25. The minimum Gasteiger partial charge on any atom is -0.491 e. The first-order valence-corrected chi connectivity index (χ1v) is 6.05. The largest absolute Gasteiger partial charge is 0.491 e. The number of hydrogen-bond donors (Lipinski definition) is 1. The Morgan fingerprint density at radius 3 is 2.95 bits per heavy atom. The molecule has 0 fully saturated rings.